The second kappa shape index (κ2) is 6.19. The highest BCUT2D eigenvalue weighted by Gasteiger charge is 2.03. The molecule has 0 radical (unpaired) electrons. The first-order chi connectivity index (χ1) is 7.27. The van der Waals surface area contributed by atoms with Crippen LogP contribution < -0.4 is 5.32 Å². The smallest absolute Gasteiger partial charge is 0.251 e. The number of carbonyl (C=O) groups is 1. The summed E-state index contributed by atoms with van der Waals surface area (Å²) in [5.74, 6) is -0.0482. The molecule has 0 saturated heterocycles. The molecule has 0 aliphatic carbocycles. The van der Waals surface area contributed by atoms with Gasteiger partial charge in [-0.1, -0.05) is 25.5 Å². The van der Waals surface area contributed by atoms with E-state index < -0.39 is 0 Å². The molecule has 0 aliphatic heterocycles. The standard InChI is InChI=1S/C12H17NO2/c1-2-3-8-13-12(15)11-6-4-10(9-14)5-7-11/h4-7,14H,2-3,8-9H2,1H3,(H,13,15). The van der Waals surface area contributed by atoms with Gasteiger partial charge in [0.25, 0.3) is 5.91 Å². The number of hydrogen-bond acceptors (Lipinski definition) is 2. The van der Waals surface area contributed by atoms with Crippen LogP contribution in [0.15, 0.2) is 24.3 Å². The molecule has 0 fully saturated rings. The molecule has 0 aromatic heterocycles. The van der Waals surface area contributed by atoms with Crippen LogP contribution in [0.25, 0.3) is 0 Å². The van der Waals surface area contributed by atoms with Crippen molar-refractivity contribution in [3.63, 3.8) is 0 Å². The second-order valence-electron chi connectivity index (χ2n) is 3.46. The predicted molar refractivity (Wildman–Crippen MR) is 59.6 cm³/mol. The molecule has 0 saturated carbocycles. The lowest BCUT2D eigenvalue weighted by atomic mass is 10.1. The van der Waals surface area contributed by atoms with Crippen LogP contribution >= 0.6 is 0 Å². The number of rotatable bonds is 5. The number of nitrogens with one attached hydrogen (secondary N) is 1. The van der Waals surface area contributed by atoms with Gasteiger partial charge < -0.3 is 10.4 Å². The van der Waals surface area contributed by atoms with Gasteiger partial charge in [-0.25, -0.2) is 0 Å². The molecule has 1 rings (SSSR count). The maximum Gasteiger partial charge on any atom is 0.251 e. The SMILES string of the molecule is CCCCNC(=O)c1ccc(CO)cc1. The fourth-order valence-corrected chi connectivity index (χ4v) is 1.24. The lowest BCUT2D eigenvalue weighted by molar-refractivity contribution is 0.0953. The normalized spacial score (nSPS) is 10.0. The summed E-state index contributed by atoms with van der Waals surface area (Å²) in [6.45, 7) is 2.82. The number of aliphatic hydroxyl groups excluding tert-OH is 1. The molecule has 0 aliphatic rings. The third-order valence-electron chi connectivity index (χ3n) is 2.21. The molecule has 0 bridgehead atoms. The summed E-state index contributed by atoms with van der Waals surface area (Å²) in [7, 11) is 0. The van der Waals surface area contributed by atoms with E-state index in [2.05, 4.69) is 12.2 Å². The van der Waals surface area contributed by atoms with Crippen LogP contribution in [-0.4, -0.2) is 17.6 Å². The molecule has 0 spiro atoms. The van der Waals surface area contributed by atoms with Gasteiger partial charge >= 0.3 is 0 Å². The minimum atomic E-state index is -0.0482. The van der Waals surface area contributed by atoms with E-state index in [0.29, 0.717) is 5.56 Å². The Morgan fingerprint density at radius 3 is 2.53 bits per heavy atom. The van der Waals surface area contributed by atoms with Crippen molar-refractivity contribution in [1.82, 2.24) is 5.32 Å². The fraction of sp³-hybridized carbons (Fsp3) is 0.417. The Labute approximate surface area is 90.1 Å². The first kappa shape index (κ1) is 11.7. The number of aliphatic hydroxyl groups is 1. The van der Waals surface area contributed by atoms with Gasteiger partial charge in [-0.3, -0.25) is 4.79 Å². The summed E-state index contributed by atoms with van der Waals surface area (Å²) in [4.78, 5) is 11.5. The Kier molecular flexibility index (Phi) is 4.84. The minimum absolute atomic E-state index is 0.0116. The van der Waals surface area contributed by atoms with Crippen LogP contribution in [0.1, 0.15) is 35.7 Å². The molecule has 0 heterocycles. The van der Waals surface area contributed by atoms with Gasteiger partial charge in [0.1, 0.15) is 0 Å². The molecule has 82 valence electrons. The van der Waals surface area contributed by atoms with Gasteiger partial charge in [-0.2, -0.15) is 0 Å². The van der Waals surface area contributed by atoms with Crippen LogP contribution in [0.5, 0.6) is 0 Å². The van der Waals surface area contributed by atoms with E-state index in [1.54, 1.807) is 24.3 Å². The molecule has 1 amide bonds. The second-order valence-corrected chi connectivity index (χ2v) is 3.46. The topological polar surface area (TPSA) is 49.3 Å². The van der Waals surface area contributed by atoms with E-state index >= 15 is 0 Å². The lowest BCUT2D eigenvalue weighted by Gasteiger charge is -2.04. The van der Waals surface area contributed by atoms with Crippen molar-refractivity contribution in [2.75, 3.05) is 6.54 Å². The van der Waals surface area contributed by atoms with Crippen molar-refractivity contribution in [2.45, 2.75) is 26.4 Å². The van der Waals surface area contributed by atoms with Crippen LogP contribution in [0, 0.1) is 0 Å². The molecule has 3 heteroatoms. The van der Waals surface area contributed by atoms with Crippen molar-refractivity contribution in [3.05, 3.63) is 35.4 Å². The Morgan fingerprint density at radius 2 is 2.00 bits per heavy atom. The number of hydrogen-bond donors (Lipinski definition) is 2. The maximum atomic E-state index is 11.5. The van der Waals surface area contributed by atoms with E-state index in [4.69, 9.17) is 5.11 Å². The Morgan fingerprint density at radius 1 is 1.33 bits per heavy atom. The molecule has 15 heavy (non-hydrogen) atoms. The molecular weight excluding hydrogens is 190 g/mol. The van der Waals surface area contributed by atoms with E-state index in [9.17, 15) is 4.79 Å². The van der Waals surface area contributed by atoms with E-state index in [-0.39, 0.29) is 12.5 Å². The van der Waals surface area contributed by atoms with Crippen molar-refractivity contribution in [1.29, 1.82) is 0 Å². The summed E-state index contributed by atoms with van der Waals surface area (Å²) in [6.07, 6.45) is 2.07. The van der Waals surface area contributed by atoms with Gasteiger partial charge in [-0.15, -0.1) is 0 Å². The minimum Gasteiger partial charge on any atom is -0.392 e. The van der Waals surface area contributed by atoms with Gasteiger partial charge in [0.05, 0.1) is 6.61 Å². The molecule has 3 nitrogen and oxygen atoms in total. The summed E-state index contributed by atoms with van der Waals surface area (Å²) < 4.78 is 0. The van der Waals surface area contributed by atoms with Gasteiger partial charge in [0.15, 0.2) is 0 Å². The molecule has 1 aromatic rings. The van der Waals surface area contributed by atoms with Crippen molar-refractivity contribution >= 4 is 5.91 Å². The highest BCUT2D eigenvalue weighted by molar-refractivity contribution is 5.94. The van der Waals surface area contributed by atoms with Crippen LogP contribution in [-0.2, 0) is 6.61 Å². The monoisotopic (exact) mass is 207 g/mol. The first-order valence-electron chi connectivity index (χ1n) is 5.26. The van der Waals surface area contributed by atoms with Crippen LogP contribution in [0.3, 0.4) is 0 Å². The van der Waals surface area contributed by atoms with E-state index in [1.165, 1.54) is 0 Å². The van der Waals surface area contributed by atoms with Crippen LogP contribution in [0.2, 0.25) is 0 Å². The fourth-order valence-electron chi connectivity index (χ4n) is 1.24. The van der Waals surface area contributed by atoms with Gasteiger partial charge in [0, 0.05) is 12.1 Å². The quantitative estimate of drug-likeness (QED) is 0.722. The molecular formula is C12H17NO2. The summed E-state index contributed by atoms with van der Waals surface area (Å²) >= 11 is 0. The Hall–Kier alpha value is -1.35. The van der Waals surface area contributed by atoms with Crippen molar-refractivity contribution in [3.8, 4) is 0 Å². The first-order valence-corrected chi connectivity index (χ1v) is 5.26. The van der Waals surface area contributed by atoms with Crippen molar-refractivity contribution in [2.24, 2.45) is 0 Å². The number of unbranched alkanes of at least 4 members (excludes halogenated alkanes) is 1. The van der Waals surface area contributed by atoms with E-state index in [0.717, 1.165) is 24.9 Å². The van der Waals surface area contributed by atoms with Gasteiger partial charge in [-0.05, 0) is 24.1 Å². The Balaban J connectivity index is 2.50. The summed E-state index contributed by atoms with van der Waals surface area (Å²) in [5, 5.41) is 11.7. The number of benzene rings is 1. The summed E-state index contributed by atoms with van der Waals surface area (Å²) in [6, 6.07) is 6.98. The molecule has 0 unspecified atom stereocenters. The predicted octanol–water partition coefficient (Wildman–Crippen LogP) is 1.71. The van der Waals surface area contributed by atoms with E-state index in [1.807, 2.05) is 0 Å². The zero-order valence-corrected chi connectivity index (χ0v) is 8.99. The summed E-state index contributed by atoms with van der Waals surface area (Å²) in [5.41, 5.74) is 1.46. The van der Waals surface area contributed by atoms with Gasteiger partial charge in [0.2, 0.25) is 0 Å². The molecule has 2 N–H and O–H groups in total. The highest BCUT2D eigenvalue weighted by atomic mass is 16.3. The molecule has 1 aromatic carbocycles. The average molecular weight is 207 g/mol. The highest BCUT2D eigenvalue weighted by Crippen LogP contribution is 2.04. The third kappa shape index (κ3) is 3.72. The molecule has 0 atom stereocenters. The van der Waals surface area contributed by atoms with Crippen molar-refractivity contribution < 1.29 is 9.90 Å². The largest absolute Gasteiger partial charge is 0.392 e. The van der Waals surface area contributed by atoms with Crippen LogP contribution in [0.4, 0.5) is 0 Å². The average Bonchev–Trinajstić information content (AvgIpc) is 2.29. The number of carbonyl (C=O) groups excluding carboxylic acids is 1. The third-order valence-corrected chi connectivity index (χ3v) is 2.21. The lowest BCUT2D eigenvalue weighted by Crippen LogP contribution is -2.24. The zero-order valence-electron chi connectivity index (χ0n) is 8.99. The maximum absolute atomic E-state index is 11.5. The Bertz CT molecular complexity index is 306. The zero-order chi connectivity index (χ0) is 11.1. The number of amides is 1.